The topological polar surface area (TPSA) is 46.5 Å². The molecule has 0 radical (unpaired) electrons. The average Bonchev–Trinajstić information content (AvgIpc) is 2.69. The Hall–Kier alpha value is -2.39. The summed E-state index contributed by atoms with van der Waals surface area (Å²) < 4.78 is 31.4. The van der Waals surface area contributed by atoms with Crippen molar-refractivity contribution in [2.75, 3.05) is 0 Å². The van der Waals surface area contributed by atoms with Crippen LogP contribution in [0.15, 0.2) is 48.1 Å². The highest BCUT2D eigenvalue weighted by atomic mass is 19.2. The third-order valence-electron chi connectivity index (χ3n) is 2.92. The van der Waals surface area contributed by atoms with Crippen LogP contribution in [-0.2, 0) is 15.1 Å². The summed E-state index contributed by atoms with van der Waals surface area (Å²) >= 11 is 0. The van der Waals surface area contributed by atoms with Gasteiger partial charge in [-0.25, -0.2) is 8.78 Å². The van der Waals surface area contributed by atoms with Crippen LogP contribution < -0.4 is 0 Å². The van der Waals surface area contributed by atoms with E-state index >= 15 is 0 Å². The first-order valence-electron chi connectivity index (χ1n) is 5.38. The lowest BCUT2D eigenvalue weighted by Crippen LogP contribution is -2.30. The van der Waals surface area contributed by atoms with Crippen molar-refractivity contribution in [1.29, 1.82) is 0 Å². The highest BCUT2D eigenvalue weighted by Crippen LogP contribution is 2.37. The van der Waals surface area contributed by atoms with Crippen LogP contribution in [0.5, 0.6) is 0 Å². The van der Waals surface area contributed by atoms with Crippen molar-refractivity contribution >= 4 is 5.78 Å². The zero-order valence-electron chi connectivity index (χ0n) is 10.0. The summed E-state index contributed by atoms with van der Waals surface area (Å²) in [7, 11) is 0. The number of hydrogen-bond acceptors (Lipinski definition) is 3. The Bertz CT molecular complexity index is 642. The molecule has 19 heavy (non-hydrogen) atoms. The van der Waals surface area contributed by atoms with E-state index in [0.29, 0.717) is 0 Å². The van der Waals surface area contributed by atoms with E-state index in [9.17, 15) is 18.7 Å². The molecule has 1 heterocycles. The van der Waals surface area contributed by atoms with Crippen molar-refractivity contribution < 1.29 is 23.4 Å². The van der Waals surface area contributed by atoms with Crippen molar-refractivity contribution in [2.45, 2.75) is 12.5 Å². The molecule has 0 aliphatic carbocycles. The summed E-state index contributed by atoms with van der Waals surface area (Å²) in [5, 5.41) is 9.42. The van der Waals surface area contributed by atoms with Gasteiger partial charge < -0.3 is 9.84 Å². The van der Waals surface area contributed by atoms with Gasteiger partial charge in [0.2, 0.25) is 11.5 Å². The summed E-state index contributed by atoms with van der Waals surface area (Å²) in [5.74, 6) is -3.10. The predicted octanol–water partition coefficient (Wildman–Crippen LogP) is 2.89. The highest BCUT2D eigenvalue weighted by Gasteiger charge is 2.43. The van der Waals surface area contributed by atoms with Gasteiger partial charge in [-0.3, -0.25) is 4.79 Å². The second-order valence-corrected chi connectivity index (χ2v) is 4.16. The van der Waals surface area contributed by atoms with Crippen LogP contribution >= 0.6 is 0 Å². The van der Waals surface area contributed by atoms with Crippen molar-refractivity contribution in [1.82, 2.24) is 0 Å². The number of carbonyl (C=O) groups excluding carboxylic acids is 1. The minimum absolute atomic E-state index is 0.104. The second-order valence-electron chi connectivity index (χ2n) is 4.16. The molecule has 0 saturated heterocycles. The number of rotatable bonds is 2. The Morgan fingerprint density at radius 2 is 2.11 bits per heavy atom. The van der Waals surface area contributed by atoms with Gasteiger partial charge in [-0.1, -0.05) is 18.4 Å². The maximum absolute atomic E-state index is 13.2. The summed E-state index contributed by atoms with van der Waals surface area (Å²) in [6.45, 7) is 4.63. The number of aliphatic hydroxyl groups excluding tert-OH is 1. The van der Waals surface area contributed by atoms with E-state index in [1.54, 1.807) is 0 Å². The van der Waals surface area contributed by atoms with Gasteiger partial charge >= 0.3 is 0 Å². The quantitative estimate of drug-likeness (QED) is 0.660. The molecule has 1 aromatic carbocycles. The van der Waals surface area contributed by atoms with Crippen LogP contribution in [0.4, 0.5) is 8.78 Å². The van der Waals surface area contributed by atoms with E-state index in [2.05, 4.69) is 12.3 Å². The lowest BCUT2D eigenvalue weighted by molar-refractivity contribution is -0.129. The molecule has 0 saturated carbocycles. The van der Waals surface area contributed by atoms with Gasteiger partial charge in [-0.05, 0) is 19.1 Å². The first kappa shape index (κ1) is 13.1. The molecule has 1 aromatic rings. The maximum atomic E-state index is 13.2. The number of halogens is 2. The monoisotopic (exact) mass is 264 g/mol. The van der Waals surface area contributed by atoms with Crippen LogP contribution in [0, 0.1) is 11.6 Å². The predicted molar refractivity (Wildman–Crippen MR) is 63.2 cm³/mol. The van der Waals surface area contributed by atoms with Crippen LogP contribution in [0.3, 0.4) is 0 Å². The zero-order valence-corrected chi connectivity index (χ0v) is 10.0. The van der Waals surface area contributed by atoms with Crippen molar-refractivity contribution in [3.8, 4) is 0 Å². The zero-order chi connectivity index (χ0) is 14.2. The fourth-order valence-electron chi connectivity index (χ4n) is 1.75. The number of hydrogen-bond donors (Lipinski definition) is 1. The lowest BCUT2D eigenvalue weighted by atomic mass is 9.92. The van der Waals surface area contributed by atoms with Gasteiger partial charge in [-0.2, -0.15) is 0 Å². The molecule has 0 bridgehead atoms. The van der Waals surface area contributed by atoms with Crippen LogP contribution in [-0.4, -0.2) is 10.9 Å². The molecule has 0 aromatic heterocycles. The largest absolute Gasteiger partial charge is 0.499 e. The van der Waals surface area contributed by atoms with Crippen molar-refractivity contribution in [3.63, 3.8) is 0 Å². The third kappa shape index (κ3) is 2.04. The Labute approximate surface area is 108 Å². The first-order chi connectivity index (χ1) is 8.88. The molecule has 1 N–H and O–H groups in total. The van der Waals surface area contributed by atoms with E-state index in [0.717, 1.165) is 18.2 Å². The Balaban J connectivity index is 2.43. The van der Waals surface area contributed by atoms with Crippen LogP contribution in [0.1, 0.15) is 12.5 Å². The number of ether oxygens (including phenoxy) is 1. The molecule has 5 heteroatoms. The molecule has 1 aliphatic rings. The SMILES string of the molecule is C=C=C(O)C1=CC(=O)C(C)(c2ccc(F)c(F)c2)O1. The third-order valence-corrected chi connectivity index (χ3v) is 2.92. The highest BCUT2D eigenvalue weighted by molar-refractivity contribution is 6.00. The van der Waals surface area contributed by atoms with Gasteiger partial charge in [-0.15, -0.1) is 0 Å². The Kier molecular flexibility index (Phi) is 3.00. The van der Waals surface area contributed by atoms with E-state index in [1.807, 2.05) is 0 Å². The van der Waals surface area contributed by atoms with Crippen LogP contribution in [0.2, 0.25) is 0 Å². The lowest BCUT2D eigenvalue weighted by Gasteiger charge is -2.24. The molecule has 1 unspecified atom stereocenters. The molecule has 2 rings (SSSR count). The van der Waals surface area contributed by atoms with Gasteiger partial charge in [0, 0.05) is 11.6 Å². The van der Waals surface area contributed by atoms with Gasteiger partial charge in [0.1, 0.15) is 0 Å². The van der Waals surface area contributed by atoms with Gasteiger partial charge in [0.05, 0.1) is 0 Å². The summed E-state index contributed by atoms with van der Waals surface area (Å²) in [6.07, 6.45) is 1.06. The smallest absolute Gasteiger partial charge is 0.207 e. The van der Waals surface area contributed by atoms with E-state index in [-0.39, 0.29) is 11.3 Å². The fraction of sp³-hybridized carbons (Fsp3) is 0.143. The Morgan fingerprint density at radius 1 is 1.42 bits per heavy atom. The summed E-state index contributed by atoms with van der Waals surface area (Å²) in [4.78, 5) is 11.9. The molecule has 0 spiro atoms. The number of ketones is 1. The van der Waals surface area contributed by atoms with Crippen LogP contribution in [0.25, 0.3) is 0 Å². The number of benzene rings is 1. The fourth-order valence-corrected chi connectivity index (χ4v) is 1.75. The average molecular weight is 264 g/mol. The molecule has 0 amide bonds. The molecule has 0 fully saturated rings. The first-order valence-corrected chi connectivity index (χ1v) is 5.38. The molecule has 98 valence electrons. The molecule has 3 nitrogen and oxygen atoms in total. The standard InChI is InChI=1S/C14H10F2O3/c1-3-11(17)12-7-13(18)14(2,19-12)8-4-5-9(15)10(16)6-8/h4-7,17H,1H2,2H3. The van der Waals surface area contributed by atoms with Gasteiger partial charge in [0.25, 0.3) is 0 Å². The summed E-state index contributed by atoms with van der Waals surface area (Å²) in [5.41, 5.74) is 0.827. The van der Waals surface area contributed by atoms with Crippen molar-refractivity contribution in [3.05, 3.63) is 65.3 Å². The van der Waals surface area contributed by atoms with E-state index in [1.165, 1.54) is 13.0 Å². The summed E-state index contributed by atoms with van der Waals surface area (Å²) in [6, 6.07) is 3.05. The second kappa shape index (κ2) is 4.37. The minimum atomic E-state index is -1.51. The van der Waals surface area contributed by atoms with Gasteiger partial charge in [0.15, 0.2) is 23.0 Å². The molecule has 1 aliphatic heterocycles. The minimum Gasteiger partial charge on any atom is -0.499 e. The number of aliphatic hydroxyl groups is 1. The Morgan fingerprint density at radius 3 is 2.68 bits per heavy atom. The number of carbonyl (C=O) groups is 1. The van der Waals surface area contributed by atoms with E-state index < -0.39 is 28.8 Å². The van der Waals surface area contributed by atoms with E-state index in [4.69, 9.17) is 4.74 Å². The molecular formula is C14H10F2O3. The normalized spacial score (nSPS) is 21.6. The maximum Gasteiger partial charge on any atom is 0.207 e. The van der Waals surface area contributed by atoms with Crippen molar-refractivity contribution in [2.24, 2.45) is 0 Å². The molecule has 1 atom stereocenters. The molecular weight excluding hydrogens is 254 g/mol.